The molecule has 0 aliphatic heterocycles. The van der Waals surface area contributed by atoms with Gasteiger partial charge >= 0.3 is 0 Å². The summed E-state index contributed by atoms with van der Waals surface area (Å²) in [5.41, 5.74) is 0.971. The second-order valence-electron chi connectivity index (χ2n) is 3.37. The zero-order chi connectivity index (χ0) is 11.1. The highest BCUT2D eigenvalue weighted by Gasteiger charge is 2.01. The van der Waals surface area contributed by atoms with Crippen LogP contribution >= 0.6 is 0 Å². The van der Waals surface area contributed by atoms with Crippen molar-refractivity contribution < 1.29 is 4.74 Å². The summed E-state index contributed by atoms with van der Waals surface area (Å²) >= 11 is 0. The van der Waals surface area contributed by atoms with Crippen LogP contribution in [0.1, 0.15) is 31.8 Å². The highest BCUT2D eigenvalue weighted by atomic mass is 16.5. The average Bonchev–Trinajstić information content (AvgIpc) is 2.23. The van der Waals surface area contributed by atoms with Gasteiger partial charge in [-0.3, -0.25) is 0 Å². The van der Waals surface area contributed by atoms with Crippen molar-refractivity contribution in [1.82, 2.24) is 9.97 Å². The molecule has 1 aromatic heterocycles. The number of nitrogens with zero attached hydrogens (tertiary/aromatic N) is 2. The number of aryl methyl sites for hydroxylation is 1. The summed E-state index contributed by atoms with van der Waals surface area (Å²) in [5.74, 6) is 1.63. The Kier molecular flexibility index (Phi) is 5.04. The zero-order valence-corrected chi connectivity index (χ0v) is 9.71. The van der Waals surface area contributed by atoms with Gasteiger partial charge in [0.2, 0.25) is 0 Å². The van der Waals surface area contributed by atoms with Gasteiger partial charge in [0, 0.05) is 24.9 Å². The van der Waals surface area contributed by atoms with Crippen LogP contribution in [0.25, 0.3) is 0 Å². The lowest BCUT2D eigenvalue weighted by Gasteiger charge is -2.07. The van der Waals surface area contributed by atoms with Crippen LogP contribution in [-0.2, 0) is 11.3 Å². The van der Waals surface area contributed by atoms with Crippen molar-refractivity contribution in [1.29, 1.82) is 0 Å². The van der Waals surface area contributed by atoms with Crippen LogP contribution in [0, 0.1) is 6.92 Å². The molecule has 1 rings (SSSR count). The molecular formula is C11H19N3O. The fourth-order valence-corrected chi connectivity index (χ4v) is 1.23. The first-order valence-corrected chi connectivity index (χ1v) is 5.42. The molecule has 1 N–H and O–H groups in total. The summed E-state index contributed by atoms with van der Waals surface area (Å²) in [4.78, 5) is 8.66. The lowest BCUT2D eigenvalue weighted by atomic mass is 10.4. The molecule has 0 aliphatic rings. The van der Waals surface area contributed by atoms with Gasteiger partial charge in [-0.25, -0.2) is 9.97 Å². The Hall–Kier alpha value is -1.16. The van der Waals surface area contributed by atoms with E-state index in [-0.39, 0.29) is 0 Å². The lowest BCUT2D eigenvalue weighted by molar-refractivity contribution is 0.128. The highest BCUT2D eigenvalue weighted by molar-refractivity contribution is 5.35. The Bertz CT molecular complexity index is 276. The minimum atomic E-state index is 0.485. The molecule has 0 amide bonds. The molecular weight excluding hydrogens is 190 g/mol. The van der Waals surface area contributed by atoms with Crippen molar-refractivity contribution >= 4 is 5.82 Å². The van der Waals surface area contributed by atoms with Crippen LogP contribution in [0.3, 0.4) is 0 Å². The monoisotopic (exact) mass is 209 g/mol. The Morgan fingerprint density at radius 3 is 2.80 bits per heavy atom. The fourth-order valence-electron chi connectivity index (χ4n) is 1.23. The molecule has 0 fully saturated rings. The summed E-state index contributed by atoms with van der Waals surface area (Å²) in [6.07, 6.45) is 1.09. The summed E-state index contributed by atoms with van der Waals surface area (Å²) in [6.45, 7) is 8.17. The van der Waals surface area contributed by atoms with E-state index in [4.69, 9.17) is 4.74 Å². The second kappa shape index (κ2) is 6.35. The maximum atomic E-state index is 5.28. The van der Waals surface area contributed by atoms with Gasteiger partial charge in [-0.15, -0.1) is 0 Å². The van der Waals surface area contributed by atoms with Gasteiger partial charge in [0.15, 0.2) is 5.82 Å². The minimum Gasteiger partial charge on any atom is -0.374 e. The van der Waals surface area contributed by atoms with Crippen LogP contribution in [-0.4, -0.2) is 23.1 Å². The number of rotatable bonds is 6. The summed E-state index contributed by atoms with van der Waals surface area (Å²) in [5, 5.41) is 3.25. The smallest absolute Gasteiger partial charge is 0.156 e. The molecule has 0 aromatic carbocycles. The predicted octanol–water partition coefficient (Wildman–Crippen LogP) is 2.14. The zero-order valence-electron chi connectivity index (χ0n) is 9.71. The van der Waals surface area contributed by atoms with Crippen LogP contribution in [0.2, 0.25) is 0 Å². The third kappa shape index (κ3) is 4.25. The Balaban J connectivity index is 2.66. The van der Waals surface area contributed by atoms with E-state index in [2.05, 4.69) is 22.2 Å². The maximum absolute atomic E-state index is 5.28. The van der Waals surface area contributed by atoms with E-state index < -0.39 is 0 Å². The molecule has 0 aliphatic carbocycles. The Labute approximate surface area is 91.1 Å². The van der Waals surface area contributed by atoms with Gasteiger partial charge in [-0.05, 0) is 20.3 Å². The van der Waals surface area contributed by atoms with Crippen molar-refractivity contribution in [3.63, 3.8) is 0 Å². The highest BCUT2D eigenvalue weighted by Crippen LogP contribution is 2.06. The number of hydrogen-bond donors (Lipinski definition) is 1. The molecule has 0 spiro atoms. The average molecular weight is 209 g/mol. The Morgan fingerprint density at radius 1 is 1.33 bits per heavy atom. The van der Waals surface area contributed by atoms with Gasteiger partial charge in [0.1, 0.15) is 12.4 Å². The van der Waals surface area contributed by atoms with E-state index in [9.17, 15) is 0 Å². The second-order valence-corrected chi connectivity index (χ2v) is 3.37. The van der Waals surface area contributed by atoms with E-state index in [1.807, 2.05) is 19.9 Å². The number of aromatic nitrogens is 2. The van der Waals surface area contributed by atoms with E-state index in [0.717, 1.165) is 30.3 Å². The first-order chi connectivity index (χ1) is 7.26. The van der Waals surface area contributed by atoms with Crippen molar-refractivity contribution in [2.75, 3.05) is 18.5 Å². The molecule has 0 saturated carbocycles. The van der Waals surface area contributed by atoms with Gasteiger partial charge < -0.3 is 10.1 Å². The van der Waals surface area contributed by atoms with Crippen LogP contribution < -0.4 is 5.32 Å². The van der Waals surface area contributed by atoms with E-state index in [1.54, 1.807) is 0 Å². The molecule has 1 heterocycles. The van der Waals surface area contributed by atoms with Crippen LogP contribution in [0.4, 0.5) is 5.82 Å². The van der Waals surface area contributed by atoms with Crippen LogP contribution in [0.5, 0.6) is 0 Å². The van der Waals surface area contributed by atoms with Crippen molar-refractivity contribution in [2.24, 2.45) is 0 Å². The van der Waals surface area contributed by atoms with Gasteiger partial charge in [0.25, 0.3) is 0 Å². The molecule has 84 valence electrons. The van der Waals surface area contributed by atoms with Gasteiger partial charge in [0.05, 0.1) is 0 Å². The maximum Gasteiger partial charge on any atom is 0.156 e. The molecule has 0 saturated heterocycles. The van der Waals surface area contributed by atoms with E-state index in [0.29, 0.717) is 13.2 Å². The number of ether oxygens (including phenoxy) is 1. The van der Waals surface area contributed by atoms with Crippen molar-refractivity contribution in [3.8, 4) is 0 Å². The van der Waals surface area contributed by atoms with Crippen LogP contribution in [0.15, 0.2) is 6.07 Å². The number of nitrogens with one attached hydrogen (secondary N) is 1. The first kappa shape index (κ1) is 11.9. The molecule has 0 bridgehead atoms. The Morgan fingerprint density at radius 2 is 2.13 bits per heavy atom. The summed E-state index contributed by atoms with van der Waals surface area (Å²) in [7, 11) is 0. The minimum absolute atomic E-state index is 0.485. The topological polar surface area (TPSA) is 47.0 Å². The van der Waals surface area contributed by atoms with Gasteiger partial charge in [-0.2, -0.15) is 0 Å². The quantitative estimate of drug-likeness (QED) is 0.779. The predicted molar refractivity (Wildman–Crippen MR) is 60.9 cm³/mol. The third-order valence-corrected chi connectivity index (χ3v) is 1.89. The SMILES string of the molecule is CCCNc1cc(C)nc(COCC)n1. The normalized spacial score (nSPS) is 10.3. The summed E-state index contributed by atoms with van der Waals surface area (Å²) in [6, 6.07) is 1.95. The standard InChI is InChI=1S/C11H19N3O/c1-4-6-12-10-7-9(3)13-11(14-10)8-15-5-2/h7H,4-6,8H2,1-3H3,(H,12,13,14). The van der Waals surface area contributed by atoms with Crippen molar-refractivity contribution in [2.45, 2.75) is 33.8 Å². The van der Waals surface area contributed by atoms with Gasteiger partial charge in [-0.1, -0.05) is 6.92 Å². The lowest BCUT2D eigenvalue weighted by Crippen LogP contribution is -2.07. The molecule has 15 heavy (non-hydrogen) atoms. The fraction of sp³-hybridized carbons (Fsp3) is 0.636. The molecule has 4 nitrogen and oxygen atoms in total. The molecule has 4 heteroatoms. The molecule has 0 atom stereocenters. The molecule has 0 unspecified atom stereocenters. The van der Waals surface area contributed by atoms with Crippen molar-refractivity contribution in [3.05, 3.63) is 17.6 Å². The summed E-state index contributed by atoms with van der Waals surface area (Å²) < 4.78 is 5.28. The molecule has 0 radical (unpaired) electrons. The van der Waals surface area contributed by atoms with E-state index in [1.165, 1.54) is 0 Å². The number of hydrogen-bond acceptors (Lipinski definition) is 4. The number of anilines is 1. The third-order valence-electron chi connectivity index (χ3n) is 1.89. The largest absolute Gasteiger partial charge is 0.374 e. The first-order valence-electron chi connectivity index (χ1n) is 5.42. The molecule has 1 aromatic rings. The van der Waals surface area contributed by atoms with E-state index >= 15 is 0 Å².